The van der Waals surface area contributed by atoms with E-state index in [-0.39, 0.29) is 11.2 Å². The molecule has 4 aromatic rings. The average Bonchev–Trinajstić information content (AvgIpc) is 3.32. The Hall–Kier alpha value is -3.45. The van der Waals surface area contributed by atoms with Crippen LogP contribution in [0.4, 0.5) is 0 Å². The number of hydrogen-bond acceptors (Lipinski definition) is 6. The molecule has 0 bridgehead atoms. The molecule has 7 nitrogen and oxygen atoms in total. The minimum absolute atomic E-state index is 0.175. The Morgan fingerprint density at radius 1 is 1.12 bits per heavy atom. The third-order valence-electron chi connectivity index (χ3n) is 6.25. The normalized spacial score (nSPS) is 14.8. The first kappa shape index (κ1) is 20.5. The number of aryl methyl sites for hydroxylation is 1. The molecule has 1 aliphatic rings. The van der Waals surface area contributed by atoms with Gasteiger partial charge >= 0.3 is 0 Å². The Kier molecular flexibility index (Phi) is 5.49. The second-order valence-corrected chi connectivity index (χ2v) is 8.27. The molecule has 0 atom stereocenters. The Morgan fingerprint density at radius 3 is 2.66 bits per heavy atom. The van der Waals surface area contributed by atoms with Gasteiger partial charge < -0.3 is 9.52 Å². The number of likely N-dealkylation sites (tertiary alicyclic amines) is 1. The van der Waals surface area contributed by atoms with Crippen molar-refractivity contribution in [3.63, 3.8) is 0 Å². The minimum Gasteiger partial charge on any atom is -0.507 e. The minimum atomic E-state index is -0.175. The van der Waals surface area contributed by atoms with Crippen LogP contribution in [0.15, 0.2) is 58.2 Å². The fraction of sp³-hybridized carbons (Fsp3) is 0.320. The molecule has 3 heterocycles. The van der Waals surface area contributed by atoms with E-state index in [0.717, 1.165) is 37.2 Å². The molecule has 32 heavy (non-hydrogen) atoms. The van der Waals surface area contributed by atoms with Crippen molar-refractivity contribution < 1.29 is 9.52 Å². The monoisotopic (exact) mass is 430 g/mol. The summed E-state index contributed by atoms with van der Waals surface area (Å²) in [6, 6.07) is 11.4. The van der Waals surface area contributed by atoms with Crippen LogP contribution in [0.1, 0.15) is 37.3 Å². The molecule has 1 N–H and O–H groups in total. The molecule has 0 aliphatic carbocycles. The third kappa shape index (κ3) is 3.58. The molecular formula is C25H26N4O3. The van der Waals surface area contributed by atoms with Crippen LogP contribution in [-0.2, 0) is 13.0 Å². The topological polar surface area (TPSA) is 84.4 Å². The van der Waals surface area contributed by atoms with Gasteiger partial charge in [0.15, 0.2) is 5.82 Å². The van der Waals surface area contributed by atoms with E-state index in [9.17, 15) is 9.90 Å². The summed E-state index contributed by atoms with van der Waals surface area (Å²) < 4.78 is 7.80. The Labute approximate surface area is 185 Å². The van der Waals surface area contributed by atoms with Gasteiger partial charge in [0.05, 0.1) is 10.9 Å². The zero-order chi connectivity index (χ0) is 22.1. The van der Waals surface area contributed by atoms with Crippen LogP contribution in [0.25, 0.3) is 28.0 Å². The highest BCUT2D eigenvalue weighted by Crippen LogP contribution is 2.33. The molecule has 0 saturated carbocycles. The van der Waals surface area contributed by atoms with Crippen LogP contribution in [0.3, 0.4) is 0 Å². The fourth-order valence-electron chi connectivity index (χ4n) is 4.50. The van der Waals surface area contributed by atoms with Crippen LogP contribution >= 0.6 is 0 Å². The molecule has 1 saturated heterocycles. The number of piperidine rings is 1. The quantitative estimate of drug-likeness (QED) is 0.508. The van der Waals surface area contributed by atoms with Crippen molar-refractivity contribution >= 4 is 11.0 Å². The van der Waals surface area contributed by atoms with E-state index in [4.69, 9.17) is 4.42 Å². The molecule has 7 heteroatoms. The van der Waals surface area contributed by atoms with Crippen LogP contribution in [0, 0.1) is 0 Å². The van der Waals surface area contributed by atoms with Gasteiger partial charge in [0.2, 0.25) is 5.43 Å². The highest BCUT2D eigenvalue weighted by molar-refractivity contribution is 5.86. The Morgan fingerprint density at radius 2 is 1.91 bits per heavy atom. The summed E-state index contributed by atoms with van der Waals surface area (Å²) in [5, 5.41) is 19.6. The van der Waals surface area contributed by atoms with Crippen molar-refractivity contribution in [3.8, 4) is 22.8 Å². The number of fused-ring (bicyclic) bond motifs is 1. The zero-order valence-electron chi connectivity index (χ0n) is 18.1. The summed E-state index contributed by atoms with van der Waals surface area (Å²) in [5.41, 5.74) is 2.91. The molecule has 2 aromatic heterocycles. The van der Waals surface area contributed by atoms with Gasteiger partial charge in [-0.3, -0.25) is 14.3 Å². The van der Waals surface area contributed by atoms with E-state index < -0.39 is 0 Å². The predicted molar refractivity (Wildman–Crippen MR) is 123 cm³/mol. The van der Waals surface area contributed by atoms with Gasteiger partial charge in [0.25, 0.3) is 0 Å². The van der Waals surface area contributed by atoms with E-state index in [1.54, 1.807) is 17.0 Å². The molecule has 5 rings (SSSR count). The summed E-state index contributed by atoms with van der Waals surface area (Å²) in [7, 11) is 0. The van der Waals surface area contributed by atoms with Gasteiger partial charge in [0.1, 0.15) is 29.5 Å². The summed E-state index contributed by atoms with van der Waals surface area (Å²) >= 11 is 0. The lowest BCUT2D eigenvalue weighted by molar-refractivity contribution is 0.218. The summed E-state index contributed by atoms with van der Waals surface area (Å²) in [5.74, 6) is 0.657. The Balaban J connectivity index is 1.66. The lowest BCUT2D eigenvalue weighted by Gasteiger charge is -2.27. The number of para-hydroxylation sites is 1. The SMILES string of the molecule is CCc1cc2c(=O)c(-c3nncn3-c3ccccc3)coc2c(CN2CCCCC2)c1O. The van der Waals surface area contributed by atoms with Crippen molar-refractivity contribution in [1.29, 1.82) is 0 Å². The fourth-order valence-corrected chi connectivity index (χ4v) is 4.50. The van der Waals surface area contributed by atoms with Crippen molar-refractivity contribution in [2.45, 2.75) is 39.2 Å². The van der Waals surface area contributed by atoms with Crippen molar-refractivity contribution in [3.05, 3.63) is 70.3 Å². The lowest BCUT2D eigenvalue weighted by atomic mass is 10.00. The number of phenolic OH excluding ortho intramolecular Hbond substituents is 1. The van der Waals surface area contributed by atoms with Gasteiger partial charge in [-0.1, -0.05) is 31.5 Å². The molecule has 0 radical (unpaired) electrons. The first-order chi connectivity index (χ1) is 15.7. The largest absolute Gasteiger partial charge is 0.507 e. The van der Waals surface area contributed by atoms with E-state index in [1.165, 1.54) is 12.7 Å². The summed E-state index contributed by atoms with van der Waals surface area (Å²) in [6.07, 6.45) is 7.19. The van der Waals surface area contributed by atoms with Gasteiger partial charge in [0, 0.05) is 12.2 Å². The second kappa shape index (κ2) is 8.59. The average molecular weight is 431 g/mol. The number of phenols is 1. The van der Waals surface area contributed by atoms with Crippen molar-refractivity contribution in [2.24, 2.45) is 0 Å². The highest BCUT2D eigenvalue weighted by Gasteiger charge is 2.22. The van der Waals surface area contributed by atoms with Crippen LogP contribution in [0.5, 0.6) is 5.75 Å². The van der Waals surface area contributed by atoms with Crippen molar-refractivity contribution in [1.82, 2.24) is 19.7 Å². The van der Waals surface area contributed by atoms with E-state index >= 15 is 0 Å². The van der Waals surface area contributed by atoms with Gasteiger partial charge in [-0.15, -0.1) is 10.2 Å². The van der Waals surface area contributed by atoms with Crippen LogP contribution < -0.4 is 5.43 Å². The first-order valence-corrected chi connectivity index (χ1v) is 11.1. The molecule has 2 aromatic carbocycles. The number of aromatic nitrogens is 3. The smallest absolute Gasteiger partial charge is 0.203 e. The maximum absolute atomic E-state index is 13.6. The maximum Gasteiger partial charge on any atom is 0.203 e. The van der Waals surface area contributed by atoms with Crippen molar-refractivity contribution in [2.75, 3.05) is 13.1 Å². The molecular weight excluding hydrogens is 404 g/mol. The van der Waals surface area contributed by atoms with Crippen LogP contribution in [-0.4, -0.2) is 37.9 Å². The number of hydrogen-bond donors (Lipinski definition) is 1. The molecule has 1 fully saturated rings. The molecule has 0 unspecified atom stereocenters. The third-order valence-corrected chi connectivity index (χ3v) is 6.25. The first-order valence-electron chi connectivity index (χ1n) is 11.1. The highest BCUT2D eigenvalue weighted by atomic mass is 16.3. The number of nitrogens with zero attached hydrogens (tertiary/aromatic N) is 4. The maximum atomic E-state index is 13.6. The van der Waals surface area contributed by atoms with E-state index in [1.807, 2.05) is 37.3 Å². The number of rotatable bonds is 5. The van der Waals surface area contributed by atoms with Crippen LogP contribution in [0.2, 0.25) is 0 Å². The van der Waals surface area contributed by atoms with Gasteiger partial charge in [-0.05, 0) is 56.1 Å². The Bertz CT molecular complexity index is 1300. The summed E-state index contributed by atoms with van der Waals surface area (Å²) in [4.78, 5) is 15.9. The molecule has 0 spiro atoms. The number of benzene rings is 2. The lowest BCUT2D eigenvalue weighted by Crippen LogP contribution is -2.29. The van der Waals surface area contributed by atoms with E-state index in [0.29, 0.717) is 40.9 Å². The van der Waals surface area contributed by atoms with E-state index in [2.05, 4.69) is 15.1 Å². The van der Waals surface area contributed by atoms with Gasteiger partial charge in [-0.2, -0.15) is 0 Å². The predicted octanol–water partition coefficient (Wildman–Crippen LogP) is 4.29. The van der Waals surface area contributed by atoms with Gasteiger partial charge in [-0.25, -0.2) is 0 Å². The molecule has 0 amide bonds. The molecule has 164 valence electrons. The second-order valence-electron chi connectivity index (χ2n) is 8.27. The zero-order valence-corrected chi connectivity index (χ0v) is 18.1. The summed E-state index contributed by atoms with van der Waals surface area (Å²) in [6.45, 7) is 4.52. The standard InChI is InChI=1S/C25H26N4O3/c1-2-17-13-19-23(31)21(25-27-26-16-29(25)18-9-5-3-6-10-18)15-32-24(19)20(22(17)30)14-28-11-7-4-8-12-28/h3,5-6,9-10,13,15-16,30H,2,4,7-8,11-12,14H2,1H3. The number of aromatic hydroxyl groups is 1. The molecule has 1 aliphatic heterocycles.